The molecule has 1 aliphatic heterocycles. The fraction of sp³-hybridized carbons (Fsp3) is 0.909. The van der Waals surface area contributed by atoms with E-state index in [1.54, 1.807) is 0 Å². The zero-order valence-corrected chi connectivity index (χ0v) is 9.71. The molecule has 0 aromatic rings. The van der Waals surface area contributed by atoms with Gasteiger partial charge in [-0.1, -0.05) is 6.92 Å². The van der Waals surface area contributed by atoms with E-state index in [1.807, 2.05) is 6.92 Å². The number of rotatable bonds is 6. The van der Waals surface area contributed by atoms with Crippen LogP contribution in [0.5, 0.6) is 0 Å². The van der Waals surface area contributed by atoms with Crippen molar-refractivity contribution in [3.63, 3.8) is 0 Å². The van der Waals surface area contributed by atoms with E-state index in [9.17, 15) is 4.79 Å². The van der Waals surface area contributed by atoms with Gasteiger partial charge in [-0.25, -0.2) is 0 Å². The van der Waals surface area contributed by atoms with Crippen molar-refractivity contribution in [2.45, 2.75) is 32.8 Å². The summed E-state index contributed by atoms with van der Waals surface area (Å²) in [6, 6.07) is 0. The molecule has 0 aromatic carbocycles. The molecule has 0 radical (unpaired) electrons. The molecule has 4 heteroatoms. The summed E-state index contributed by atoms with van der Waals surface area (Å²) < 4.78 is 5.35. The summed E-state index contributed by atoms with van der Waals surface area (Å²) in [7, 11) is 0. The fourth-order valence-electron chi connectivity index (χ4n) is 1.72. The highest BCUT2D eigenvalue weighted by atomic mass is 16.5. The molecule has 1 saturated heterocycles. The maximum atomic E-state index is 11.6. The van der Waals surface area contributed by atoms with E-state index in [0.717, 1.165) is 25.9 Å². The second-order valence-corrected chi connectivity index (χ2v) is 4.12. The first kappa shape index (κ1) is 12.5. The second-order valence-electron chi connectivity index (χ2n) is 4.12. The Balaban J connectivity index is 2.03. The number of carbonyl (C=O) groups is 1. The quantitative estimate of drug-likeness (QED) is 0.634. The van der Waals surface area contributed by atoms with Crippen molar-refractivity contribution in [3.8, 4) is 0 Å². The summed E-state index contributed by atoms with van der Waals surface area (Å²) in [5.41, 5.74) is 0. The molecule has 1 heterocycles. The van der Waals surface area contributed by atoms with Gasteiger partial charge in [-0.15, -0.1) is 0 Å². The number of nitrogens with one attached hydrogen (secondary N) is 2. The van der Waals surface area contributed by atoms with E-state index >= 15 is 0 Å². The van der Waals surface area contributed by atoms with Gasteiger partial charge >= 0.3 is 0 Å². The van der Waals surface area contributed by atoms with Gasteiger partial charge < -0.3 is 15.4 Å². The Morgan fingerprint density at radius 1 is 1.40 bits per heavy atom. The van der Waals surface area contributed by atoms with Gasteiger partial charge in [0.2, 0.25) is 5.91 Å². The Labute approximate surface area is 91.8 Å². The number of hydrogen-bond acceptors (Lipinski definition) is 3. The topological polar surface area (TPSA) is 50.4 Å². The van der Waals surface area contributed by atoms with Gasteiger partial charge in [0.1, 0.15) is 0 Å². The van der Waals surface area contributed by atoms with Crippen LogP contribution in [0.15, 0.2) is 0 Å². The molecule has 1 rings (SSSR count). The molecule has 4 nitrogen and oxygen atoms in total. The van der Waals surface area contributed by atoms with E-state index in [-0.39, 0.29) is 17.9 Å². The molecule has 1 fully saturated rings. The van der Waals surface area contributed by atoms with Crippen LogP contribution in [0.1, 0.15) is 26.7 Å². The zero-order chi connectivity index (χ0) is 11.1. The Bertz CT molecular complexity index is 197. The molecular formula is C11H22N2O2. The first-order valence-electron chi connectivity index (χ1n) is 5.84. The molecule has 0 bridgehead atoms. The fourth-order valence-corrected chi connectivity index (χ4v) is 1.72. The predicted molar refractivity (Wildman–Crippen MR) is 59.7 cm³/mol. The molecule has 0 aromatic heterocycles. The van der Waals surface area contributed by atoms with E-state index < -0.39 is 0 Å². The molecule has 1 amide bonds. The molecular weight excluding hydrogens is 192 g/mol. The van der Waals surface area contributed by atoms with Crippen molar-refractivity contribution in [3.05, 3.63) is 0 Å². The molecule has 2 N–H and O–H groups in total. The Hall–Kier alpha value is -0.610. The summed E-state index contributed by atoms with van der Waals surface area (Å²) in [4.78, 5) is 11.6. The van der Waals surface area contributed by atoms with Crippen molar-refractivity contribution in [2.24, 2.45) is 5.92 Å². The van der Waals surface area contributed by atoms with E-state index in [4.69, 9.17) is 4.74 Å². The van der Waals surface area contributed by atoms with E-state index in [0.29, 0.717) is 13.2 Å². The lowest BCUT2D eigenvalue weighted by Crippen LogP contribution is -2.36. The molecule has 88 valence electrons. The number of amides is 1. The van der Waals surface area contributed by atoms with Crippen LogP contribution >= 0.6 is 0 Å². The third kappa shape index (κ3) is 4.62. The van der Waals surface area contributed by atoms with Gasteiger partial charge in [0.25, 0.3) is 0 Å². The van der Waals surface area contributed by atoms with Gasteiger partial charge in [-0.3, -0.25) is 4.79 Å². The average molecular weight is 214 g/mol. The predicted octanol–water partition coefficient (Wildman–Crippen LogP) is 0.527. The van der Waals surface area contributed by atoms with Gasteiger partial charge in [-0.2, -0.15) is 0 Å². The minimum atomic E-state index is 0.0613. The average Bonchev–Trinajstić information content (AvgIpc) is 2.64. The van der Waals surface area contributed by atoms with Gasteiger partial charge in [0, 0.05) is 13.1 Å². The summed E-state index contributed by atoms with van der Waals surface area (Å²) in [5.74, 6) is 0.198. The monoisotopic (exact) mass is 214 g/mol. The number of ether oxygens (including phenoxy) is 1. The normalized spacial score (nSPS) is 25.5. The van der Waals surface area contributed by atoms with Crippen molar-refractivity contribution in [1.82, 2.24) is 10.6 Å². The summed E-state index contributed by atoms with van der Waals surface area (Å²) in [5, 5.41) is 6.17. The molecule has 0 spiro atoms. The van der Waals surface area contributed by atoms with Crippen LogP contribution in [0, 0.1) is 5.92 Å². The largest absolute Gasteiger partial charge is 0.378 e. The first-order chi connectivity index (χ1) is 7.24. The minimum Gasteiger partial charge on any atom is -0.378 e. The third-order valence-electron chi connectivity index (χ3n) is 2.60. The standard InChI is InChI=1S/C11H22N2O2/c1-3-4-12-5-6-13-11(14)10-7-9(2)15-8-10/h9-10,12H,3-8H2,1-2H3,(H,13,14). The summed E-state index contributed by atoms with van der Waals surface area (Å²) >= 11 is 0. The van der Waals surface area contributed by atoms with Crippen molar-refractivity contribution < 1.29 is 9.53 Å². The Morgan fingerprint density at radius 2 is 2.20 bits per heavy atom. The zero-order valence-electron chi connectivity index (χ0n) is 9.71. The highest BCUT2D eigenvalue weighted by Gasteiger charge is 2.27. The number of carbonyl (C=O) groups excluding carboxylic acids is 1. The van der Waals surface area contributed by atoms with E-state index in [2.05, 4.69) is 17.6 Å². The van der Waals surface area contributed by atoms with Gasteiger partial charge in [0.15, 0.2) is 0 Å². The smallest absolute Gasteiger partial charge is 0.225 e. The first-order valence-corrected chi connectivity index (χ1v) is 5.84. The molecule has 2 unspecified atom stereocenters. The molecule has 1 aliphatic rings. The lowest BCUT2D eigenvalue weighted by Gasteiger charge is -2.09. The van der Waals surface area contributed by atoms with Gasteiger partial charge in [0.05, 0.1) is 18.6 Å². The Kier molecular flexibility index (Phi) is 5.65. The molecule has 2 atom stereocenters. The van der Waals surface area contributed by atoms with Crippen LogP contribution in [0.3, 0.4) is 0 Å². The molecule has 15 heavy (non-hydrogen) atoms. The van der Waals surface area contributed by atoms with Crippen LogP contribution in [-0.4, -0.2) is 38.3 Å². The third-order valence-corrected chi connectivity index (χ3v) is 2.60. The van der Waals surface area contributed by atoms with Crippen LogP contribution in [0.2, 0.25) is 0 Å². The van der Waals surface area contributed by atoms with Crippen molar-refractivity contribution in [2.75, 3.05) is 26.2 Å². The SMILES string of the molecule is CCCNCCNC(=O)C1COC(C)C1. The maximum absolute atomic E-state index is 11.6. The lowest BCUT2D eigenvalue weighted by molar-refractivity contribution is -0.124. The summed E-state index contributed by atoms with van der Waals surface area (Å²) in [6.07, 6.45) is 2.22. The van der Waals surface area contributed by atoms with Gasteiger partial charge in [-0.05, 0) is 26.3 Å². The molecule has 0 aliphatic carbocycles. The maximum Gasteiger partial charge on any atom is 0.225 e. The van der Waals surface area contributed by atoms with Crippen molar-refractivity contribution >= 4 is 5.91 Å². The van der Waals surface area contributed by atoms with Crippen LogP contribution in [0.25, 0.3) is 0 Å². The van der Waals surface area contributed by atoms with E-state index in [1.165, 1.54) is 0 Å². The second kappa shape index (κ2) is 6.80. The highest BCUT2D eigenvalue weighted by Crippen LogP contribution is 2.18. The molecule has 0 saturated carbocycles. The highest BCUT2D eigenvalue weighted by molar-refractivity contribution is 5.79. The summed E-state index contributed by atoms with van der Waals surface area (Å²) in [6.45, 7) is 7.29. The minimum absolute atomic E-state index is 0.0613. The van der Waals surface area contributed by atoms with Crippen molar-refractivity contribution in [1.29, 1.82) is 0 Å². The van der Waals surface area contributed by atoms with Crippen LogP contribution in [0.4, 0.5) is 0 Å². The Morgan fingerprint density at radius 3 is 2.80 bits per heavy atom. The van der Waals surface area contributed by atoms with Crippen LogP contribution < -0.4 is 10.6 Å². The lowest BCUT2D eigenvalue weighted by atomic mass is 10.1. The number of hydrogen-bond donors (Lipinski definition) is 2. The van der Waals surface area contributed by atoms with Crippen LogP contribution in [-0.2, 0) is 9.53 Å².